The highest BCUT2D eigenvalue weighted by Gasteiger charge is 2.33. The molecule has 2 aromatic rings. The molecule has 0 heterocycles. The number of nitrogens with one attached hydrogen (secondary N) is 2. The van der Waals surface area contributed by atoms with Gasteiger partial charge in [-0.1, -0.05) is 12.1 Å². The molecule has 22 heavy (non-hydrogen) atoms. The number of halogens is 3. The molecule has 0 fully saturated rings. The largest absolute Gasteiger partial charge is 0.418 e. The van der Waals surface area contributed by atoms with Crippen molar-refractivity contribution in [3.8, 4) is 0 Å². The van der Waals surface area contributed by atoms with Crippen molar-refractivity contribution in [2.75, 3.05) is 16.3 Å². The van der Waals surface area contributed by atoms with Gasteiger partial charge in [0.05, 0.1) is 17.5 Å². The molecule has 0 spiro atoms. The van der Waals surface area contributed by atoms with Crippen LogP contribution in [-0.2, 0) is 16.2 Å². The van der Waals surface area contributed by atoms with Crippen molar-refractivity contribution in [1.82, 2.24) is 0 Å². The van der Waals surface area contributed by atoms with Gasteiger partial charge in [-0.25, -0.2) is 8.42 Å². The van der Waals surface area contributed by atoms with Crippen LogP contribution >= 0.6 is 0 Å². The van der Waals surface area contributed by atoms with Crippen LogP contribution in [0.15, 0.2) is 48.5 Å². The fourth-order valence-corrected chi connectivity index (χ4v) is 2.39. The summed E-state index contributed by atoms with van der Waals surface area (Å²) < 4.78 is 63.1. The molecule has 0 aromatic heterocycles. The van der Waals surface area contributed by atoms with E-state index in [0.717, 1.165) is 12.3 Å². The molecule has 2 rings (SSSR count). The van der Waals surface area contributed by atoms with Crippen molar-refractivity contribution in [2.45, 2.75) is 6.18 Å². The van der Waals surface area contributed by atoms with Gasteiger partial charge in [-0.2, -0.15) is 13.2 Å². The molecule has 4 nitrogen and oxygen atoms in total. The normalized spacial score (nSPS) is 12.0. The number of anilines is 3. The summed E-state index contributed by atoms with van der Waals surface area (Å²) >= 11 is 0. The van der Waals surface area contributed by atoms with Crippen molar-refractivity contribution in [2.24, 2.45) is 0 Å². The Morgan fingerprint density at radius 2 is 1.45 bits per heavy atom. The summed E-state index contributed by atoms with van der Waals surface area (Å²) in [7, 11) is -3.39. The van der Waals surface area contributed by atoms with Gasteiger partial charge in [-0.15, -0.1) is 0 Å². The Kier molecular flexibility index (Phi) is 4.32. The molecule has 0 saturated heterocycles. The average Bonchev–Trinajstić information content (AvgIpc) is 2.39. The van der Waals surface area contributed by atoms with Gasteiger partial charge in [0.1, 0.15) is 0 Å². The van der Waals surface area contributed by atoms with Crippen molar-refractivity contribution >= 4 is 27.1 Å². The number of alkyl halides is 3. The van der Waals surface area contributed by atoms with E-state index in [2.05, 4.69) is 10.0 Å². The third-order valence-corrected chi connectivity index (χ3v) is 3.31. The van der Waals surface area contributed by atoms with Gasteiger partial charge in [0.15, 0.2) is 0 Å². The van der Waals surface area contributed by atoms with Gasteiger partial charge in [0.2, 0.25) is 10.0 Å². The van der Waals surface area contributed by atoms with Crippen LogP contribution in [0.2, 0.25) is 0 Å². The lowest BCUT2D eigenvalue weighted by atomic mass is 10.1. The van der Waals surface area contributed by atoms with Gasteiger partial charge in [0.25, 0.3) is 0 Å². The van der Waals surface area contributed by atoms with Crippen LogP contribution in [0.4, 0.5) is 30.2 Å². The van der Waals surface area contributed by atoms with E-state index in [-0.39, 0.29) is 5.69 Å². The second kappa shape index (κ2) is 5.88. The minimum absolute atomic E-state index is 0.0705. The van der Waals surface area contributed by atoms with E-state index in [9.17, 15) is 21.6 Å². The first-order valence-corrected chi connectivity index (χ1v) is 8.05. The van der Waals surface area contributed by atoms with Crippen LogP contribution in [0.1, 0.15) is 5.56 Å². The maximum Gasteiger partial charge on any atom is 0.418 e. The first-order chi connectivity index (χ1) is 10.1. The molecule has 2 aromatic carbocycles. The predicted molar refractivity (Wildman–Crippen MR) is 79.6 cm³/mol. The number of sulfonamides is 1. The molecule has 8 heteroatoms. The highest BCUT2D eigenvalue weighted by atomic mass is 32.2. The first kappa shape index (κ1) is 16.2. The van der Waals surface area contributed by atoms with Crippen LogP contribution < -0.4 is 10.0 Å². The minimum Gasteiger partial charge on any atom is -0.355 e. The molecule has 118 valence electrons. The zero-order chi connectivity index (χ0) is 16.4. The summed E-state index contributed by atoms with van der Waals surface area (Å²) in [5, 5.41) is 2.67. The molecule has 0 unspecified atom stereocenters. The monoisotopic (exact) mass is 330 g/mol. The lowest BCUT2D eigenvalue weighted by Crippen LogP contribution is -2.10. The van der Waals surface area contributed by atoms with Crippen molar-refractivity contribution < 1.29 is 21.6 Å². The molecule has 0 aliphatic heterocycles. The zero-order valence-electron chi connectivity index (χ0n) is 11.5. The number of hydrogen-bond acceptors (Lipinski definition) is 3. The third kappa shape index (κ3) is 4.39. The number of benzene rings is 2. The Morgan fingerprint density at radius 3 is 2.00 bits per heavy atom. The number of para-hydroxylation sites is 1. The summed E-state index contributed by atoms with van der Waals surface area (Å²) in [6.07, 6.45) is -3.44. The smallest absolute Gasteiger partial charge is 0.355 e. The van der Waals surface area contributed by atoms with Crippen LogP contribution in [0, 0.1) is 0 Å². The predicted octanol–water partition coefficient (Wildman–Crippen LogP) is 3.82. The molecule has 0 bridgehead atoms. The van der Waals surface area contributed by atoms with Crippen molar-refractivity contribution in [3.05, 3.63) is 54.1 Å². The fraction of sp³-hybridized carbons (Fsp3) is 0.143. The Labute approximate surface area is 126 Å². The van der Waals surface area contributed by atoms with E-state index in [1.165, 1.54) is 42.5 Å². The highest BCUT2D eigenvalue weighted by Crippen LogP contribution is 2.35. The average molecular weight is 330 g/mol. The van der Waals surface area contributed by atoms with Gasteiger partial charge >= 0.3 is 6.18 Å². The molecular formula is C14H13F3N2O2S. The second-order valence-corrected chi connectivity index (χ2v) is 6.37. The van der Waals surface area contributed by atoms with Gasteiger partial charge in [0, 0.05) is 11.4 Å². The van der Waals surface area contributed by atoms with E-state index in [1.54, 1.807) is 0 Å². The molecule has 0 aliphatic rings. The topological polar surface area (TPSA) is 58.2 Å². The standard InChI is InChI=1S/C14H13F3N2O2S/c1-22(20,21)19-11-8-6-10(7-9-11)18-13-5-3-2-4-12(13)14(15,16)17/h2-9,18-19H,1H3. The number of hydrogen-bond donors (Lipinski definition) is 2. The van der Waals surface area contributed by atoms with Gasteiger partial charge in [-0.3, -0.25) is 4.72 Å². The fourth-order valence-electron chi connectivity index (χ4n) is 1.83. The molecule has 0 atom stereocenters. The summed E-state index contributed by atoms with van der Waals surface area (Å²) in [4.78, 5) is 0. The summed E-state index contributed by atoms with van der Waals surface area (Å²) in [5.41, 5.74) is -0.0972. The lowest BCUT2D eigenvalue weighted by molar-refractivity contribution is -0.136. The number of rotatable bonds is 4. The van der Waals surface area contributed by atoms with Gasteiger partial charge in [-0.05, 0) is 36.4 Å². The van der Waals surface area contributed by atoms with E-state index in [0.29, 0.717) is 11.4 Å². The van der Waals surface area contributed by atoms with Crippen LogP contribution in [0.5, 0.6) is 0 Å². The molecule has 0 saturated carbocycles. The Bertz CT molecular complexity index is 756. The van der Waals surface area contributed by atoms with Crippen molar-refractivity contribution in [3.63, 3.8) is 0 Å². The van der Waals surface area contributed by atoms with Gasteiger partial charge < -0.3 is 5.32 Å². The van der Waals surface area contributed by atoms with E-state index in [4.69, 9.17) is 0 Å². The molecule has 2 N–H and O–H groups in total. The SMILES string of the molecule is CS(=O)(=O)Nc1ccc(Nc2ccccc2C(F)(F)F)cc1. The minimum atomic E-state index is -4.46. The molecular weight excluding hydrogens is 317 g/mol. The maximum absolute atomic E-state index is 12.9. The summed E-state index contributed by atoms with van der Waals surface area (Å²) in [6, 6.07) is 11.0. The van der Waals surface area contributed by atoms with E-state index < -0.39 is 21.8 Å². The van der Waals surface area contributed by atoms with Crippen molar-refractivity contribution in [1.29, 1.82) is 0 Å². The molecule has 0 radical (unpaired) electrons. The quantitative estimate of drug-likeness (QED) is 0.896. The van der Waals surface area contributed by atoms with Crippen LogP contribution in [0.25, 0.3) is 0 Å². The molecule has 0 aliphatic carbocycles. The van der Waals surface area contributed by atoms with E-state index in [1.807, 2.05) is 0 Å². The summed E-state index contributed by atoms with van der Waals surface area (Å²) in [6.45, 7) is 0. The Morgan fingerprint density at radius 1 is 0.909 bits per heavy atom. The van der Waals surface area contributed by atoms with Crippen LogP contribution in [0.3, 0.4) is 0 Å². The highest BCUT2D eigenvalue weighted by molar-refractivity contribution is 7.92. The molecule has 0 amide bonds. The van der Waals surface area contributed by atoms with Crippen LogP contribution in [-0.4, -0.2) is 14.7 Å². The third-order valence-electron chi connectivity index (χ3n) is 2.70. The van der Waals surface area contributed by atoms with E-state index >= 15 is 0 Å². The maximum atomic E-state index is 12.9. The second-order valence-electron chi connectivity index (χ2n) is 4.62. The lowest BCUT2D eigenvalue weighted by Gasteiger charge is -2.14. The summed E-state index contributed by atoms with van der Waals surface area (Å²) in [5.74, 6) is 0. The first-order valence-electron chi connectivity index (χ1n) is 6.16. The Balaban J connectivity index is 2.22. The Hall–Kier alpha value is -2.22. The zero-order valence-corrected chi connectivity index (χ0v) is 12.3.